The molecule has 3 heterocycles. The summed E-state index contributed by atoms with van der Waals surface area (Å²) < 4.78 is 12.4. The maximum atomic E-state index is 12.6. The Bertz CT molecular complexity index is 1070. The van der Waals surface area contributed by atoms with Gasteiger partial charge >= 0.3 is 5.97 Å². The lowest BCUT2D eigenvalue weighted by Gasteiger charge is -2.27. The summed E-state index contributed by atoms with van der Waals surface area (Å²) in [5.74, 6) is 1.28. The molecule has 1 aliphatic heterocycles. The summed E-state index contributed by atoms with van der Waals surface area (Å²) in [6.45, 7) is 3.94. The van der Waals surface area contributed by atoms with Crippen LogP contribution in [-0.2, 0) is 11.3 Å². The normalized spacial score (nSPS) is 20.3. The van der Waals surface area contributed by atoms with Crippen molar-refractivity contribution in [2.45, 2.75) is 38.8 Å². The van der Waals surface area contributed by atoms with Gasteiger partial charge in [-0.1, -0.05) is 0 Å². The van der Waals surface area contributed by atoms with Gasteiger partial charge in [-0.15, -0.1) is 11.3 Å². The number of carbonyl (C=O) groups excluding carboxylic acids is 1. The van der Waals surface area contributed by atoms with Gasteiger partial charge in [0, 0.05) is 30.1 Å². The van der Waals surface area contributed by atoms with Gasteiger partial charge in [-0.25, -0.2) is 14.5 Å². The number of ether oxygens (including phenoxy) is 2. The molecular weight excluding hydrogens is 412 g/mol. The van der Waals surface area contributed by atoms with Crippen molar-refractivity contribution in [3.8, 4) is 22.1 Å². The van der Waals surface area contributed by atoms with Crippen molar-refractivity contribution in [1.82, 2.24) is 19.7 Å². The summed E-state index contributed by atoms with van der Waals surface area (Å²) in [4.78, 5) is 19.9. The molecule has 162 valence electrons. The van der Waals surface area contributed by atoms with Crippen molar-refractivity contribution in [3.63, 3.8) is 0 Å². The number of likely N-dealkylation sites (tertiary alicyclic amines) is 1. The second kappa shape index (κ2) is 8.43. The lowest BCUT2D eigenvalue weighted by Crippen LogP contribution is -2.33. The number of methoxy groups -OCH3 is 1. The SMILES string of the molecule is CCOC(=O)c1cnn(-c2nc(-c3ccc(OC)cc3)cs2)c1CN1C[C@H]2CC[C@@H]1C2. The van der Waals surface area contributed by atoms with Crippen LogP contribution in [0.1, 0.15) is 42.2 Å². The van der Waals surface area contributed by atoms with E-state index in [0.717, 1.165) is 40.3 Å². The largest absolute Gasteiger partial charge is 0.497 e. The number of nitrogens with zero attached hydrogens (tertiary/aromatic N) is 4. The molecule has 5 rings (SSSR count). The van der Waals surface area contributed by atoms with E-state index >= 15 is 0 Å². The van der Waals surface area contributed by atoms with Gasteiger partial charge < -0.3 is 9.47 Å². The number of fused-ring (bicyclic) bond motifs is 2. The van der Waals surface area contributed by atoms with E-state index in [9.17, 15) is 4.79 Å². The zero-order valence-electron chi connectivity index (χ0n) is 17.8. The van der Waals surface area contributed by atoms with Crippen molar-refractivity contribution < 1.29 is 14.3 Å². The van der Waals surface area contributed by atoms with Gasteiger partial charge in [0.05, 0.1) is 31.3 Å². The van der Waals surface area contributed by atoms with E-state index in [1.807, 2.05) is 41.3 Å². The number of piperidine rings is 1. The van der Waals surface area contributed by atoms with E-state index in [4.69, 9.17) is 14.5 Å². The molecule has 1 saturated heterocycles. The standard InChI is InChI=1S/C23H26N4O3S/c1-3-30-22(28)19-11-24-27(21(19)13-26-12-15-4-7-17(26)10-15)23-25-20(14-31-23)16-5-8-18(29-2)9-6-16/h5-6,8-9,11,14-15,17H,3-4,7,10,12-13H2,1-2H3/t15-,17+/m0/s1. The predicted molar refractivity (Wildman–Crippen MR) is 119 cm³/mol. The van der Waals surface area contributed by atoms with Crippen LogP contribution in [0.5, 0.6) is 5.75 Å². The molecule has 3 aromatic rings. The van der Waals surface area contributed by atoms with E-state index < -0.39 is 0 Å². The highest BCUT2D eigenvalue weighted by Gasteiger charge is 2.38. The molecule has 0 amide bonds. The molecule has 0 spiro atoms. The maximum absolute atomic E-state index is 12.6. The Morgan fingerprint density at radius 3 is 2.77 bits per heavy atom. The topological polar surface area (TPSA) is 69.5 Å². The van der Waals surface area contributed by atoms with Crippen molar-refractivity contribution in [2.24, 2.45) is 5.92 Å². The fourth-order valence-corrected chi connectivity index (χ4v) is 5.55. The van der Waals surface area contributed by atoms with Crippen LogP contribution in [0.25, 0.3) is 16.4 Å². The summed E-state index contributed by atoms with van der Waals surface area (Å²) in [6.07, 6.45) is 5.45. The lowest BCUT2D eigenvalue weighted by atomic mass is 10.1. The fraction of sp³-hybridized carbons (Fsp3) is 0.435. The number of benzene rings is 1. The molecule has 2 aromatic heterocycles. The number of thiazole rings is 1. The average Bonchev–Trinajstić information content (AvgIpc) is 3.58. The van der Waals surface area contributed by atoms with E-state index in [2.05, 4.69) is 10.00 Å². The van der Waals surface area contributed by atoms with E-state index in [-0.39, 0.29) is 5.97 Å². The zero-order chi connectivity index (χ0) is 21.4. The number of hydrogen-bond acceptors (Lipinski definition) is 7. The van der Waals surface area contributed by atoms with Gasteiger partial charge in [-0.3, -0.25) is 4.90 Å². The Hall–Kier alpha value is -2.71. The molecule has 1 aliphatic carbocycles. The molecular formula is C23H26N4O3S. The fourth-order valence-electron chi connectivity index (χ4n) is 4.74. The molecule has 7 nitrogen and oxygen atoms in total. The third-order valence-electron chi connectivity index (χ3n) is 6.30. The molecule has 1 saturated carbocycles. The second-order valence-electron chi connectivity index (χ2n) is 8.14. The minimum Gasteiger partial charge on any atom is -0.497 e. The molecule has 2 atom stereocenters. The monoisotopic (exact) mass is 438 g/mol. The van der Waals surface area contributed by atoms with Gasteiger partial charge in [0.2, 0.25) is 5.13 Å². The van der Waals surface area contributed by atoms with Crippen LogP contribution in [0, 0.1) is 5.92 Å². The molecule has 0 unspecified atom stereocenters. The molecule has 0 radical (unpaired) electrons. The van der Waals surface area contributed by atoms with Crippen molar-refractivity contribution in [3.05, 3.63) is 47.1 Å². The Kier molecular flexibility index (Phi) is 5.50. The third-order valence-corrected chi connectivity index (χ3v) is 7.11. The van der Waals surface area contributed by atoms with E-state index in [1.54, 1.807) is 13.3 Å². The minimum atomic E-state index is -0.319. The highest BCUT2D eigenvalue weighted by molar-refractivity contribution is 7.12. The summed E-state index contributed by atoms with van der Waals surface area (Å²) in [5, 5.41) is 7.31. The molecule has 1 aromatic carbocycles. The van der Waals surface area contributed by atoms with Crippen LogP contribution in [0.15, 0.2) is 35.8 Å². The van der Waals surface area contributed by atoms with E-state index in [0.29, 0.717) is 24.8 Å². The molecule has 2 bridgehead atoms. The number of esters is 1. The number of aromatic nitrogens is 3. The van der Waals surface area contributed by atoms with Gasteiger partial charge in [0.15, 0.2) is 0 Å². The number of carbonyl (C=O) groups is 1. The van der Waals surface area contributed by atoms with Gasteiger partial charge in [-0.2, -0.15) is 5.10 Å². The first-order valence-corrected chi connectivity index (χ1v) is 11.6. The predicted octanol–water partition coefficient (Wildman–Crippen LogP) is 4.17. The van der Waals surface area contributed by atoms with Gasteiger partial charge in [-0.05, 0) is 56.4 Å². The number of rotatable bonds is 7. The second-order valence-corrected chi connectivity index (χ2v) is 8.98. The summed E-state index contributed by atoms with van der Waals surface area (Å²) >= 11 is 1.52. The van der Waals surface area contributed by atoms with Crippen LogP contribution in [-0.4, -0.2) is 51.9 Å². The van der Waals surface area contributed by atoms with Gasteiger partial charge in [0.25, 0.3) is 0 Å². The minimum absolute atomic E-state index is 0.319. The maximum Gasteiger partial charge on any atom is 0.341 e. The van der Waals surface area contributed by atoms with Crippen molar-refractivity contribution >= 4 is 17.3 Å². The smallest absolute Gasteiger partial charge is 0.341 e. The number of hydrogen-bond donors (Lipinski definition) is 0. The zero-order valence-corrected chi connectivity index (χ0v) is 18.6. The Morgan fingerprint density at radius 1 is 1.26 bits per heavy atom. The lowest BCUT2D eigenvalue weighted by molar-refractivity contribution is 0.0523. The van der Waals surface area contributed by atoms with Crippen LogP contribution >= 0.6 is 11.3 Å². The molecule has 0 N–H and O–H groups in total. The first kappa shape index (κ1) is 20.2. The Morgan fingerprint density at radius 2 is 2.10 bits per heavy atom. The first-order valence-electron chi connectivity index (χ1n) is 10.7. The molecule has 31 heavy (non-hydrogen) atoms. The molecule has 2 aliphatic rings. The van der Waals surface area contributed by atoms with Gasteiger partial charge in [0.1, 0.15) is 11.3 Å². The molecule has 8 heteroatoms. The van der Waals surface area contributed by atoms with Crippen molar-refractivity contribution in [2.75, 3.05) is 20.3 Å². The quantitative estimate of drug-likeness (QED) is 0.516. The third kappa shape index (κ3) is 3.85. The van der Waals surface area contributed by atoms with E-state index in [1.165, 1.54) is 30.6 Å². The van der Waals surface area contributed by atoms with Crippen LogP contribution < -0.4 is 4.74 Å². The van der Waals surface area contributed by atoms with Crippen LogP contribution in [0.2, 0.25) is 0 Å². The summed E-state index contributed by atoms with van der Waals surface area (Å²) in [6, 6.07) is 8.44. The first-order chi connectivity index (χ1) is 15.2. The Labute approximate surface area is 185 Å². The molecule has 2 fully saturated rings. The Balaban J connectivity index is 1.47. The highest BCUT2D eigenvalue weighted by atomic mass is 32.1. The average molecular weight is 439 g/mol. The van der Waals surface area contributed by atoms with Crippen LogP contribution in [0.3, 0.4) is 0 Å². The van der Waals surface area contributed by atoms with Crippen molar-refractivity contribution in [1.29, 1.82) is 0 Å². The van der Waals surface area contributed by atoms with Crippen LogP contribution in [0.4, 0.5) is 0 Å². The highest BCUT2D eigenvalue weighted by Crippen LogP contribution is 2.38. The summed E-state index contributed by atoms with van der Waals surface area (Å²) in [7, 11) is 1.66. The summed E-state index contributed by atoms with van der Waals surface area (Å²) in [5.41, 5.74) is 3.29.